The number of imidazole rings is 1. The van der Waals surface area contributed by atoms with Gasteiger partial charge in [-0.05, 0) is 32.6 Å². The van der Waals surface area contributed by atoms with Crippen molar-refractivity contribution < 1.29 is 0 Å². The first-order valence-corrected chi connectivity index (χ1v) is 8.30. The molecule has 0 saturated carbocycles. The molecule has 5 nitrogen and oxygen atoms in total. The van der Waals surface area contributed by atoms with E-state index in [1.54, 1.807) is 0 Å². The summed E-state index contributed by atoms with van der Waals surface area (Å²) in [4.78, 5) is 6.94. The molecular weight excluding hydrogens is 310 g/mol. The Kier molecular flexibility index (Phi) is 4.41. The minimum atomic E-state index is 0.700. The smallest absolute Gasteiger partial charge is 0.163 e. The molecule has 0 amide bonds. The van der Waals surface area contributed by atoms with E-state index in [0.29, 0.717) is 5.02 Å². The molecule has 3 aromatic rings. The van der Waals surface area contributed by atoms with Gasteiger partial charge in [0.1, 0.15) is 5.69 Å². The predicted molar refractivity (Wildman–Crippen MR) is 94.6 cm³/mol. The molecule has 0 unspecified atom stereocenters. The molecule has 0 aliphatic carbocycles. The first-order chi connectivity index (χ1) is 11.1. The molecule has 0 aliphatic rings. The van der Waals surface area contributed by atoms with Gasteiger partial charge in [0.2, 0.25) is 0 Å². The third kappa shape index (κ3) is 2.75. The normalized spacial score (nSPS) is 11.7. The number of halogens is 1. The molecule has 0 atom stereocenters. The van der Waals surface area contributed by atoms with Gasteiger partial charge in [-0.2, -0.15) is 5.10 Å². The molecule has 0 saturated heterocycles. The Hall–Kier alpha value is -1.85. The highest BCUT2D eigenvalue weighted by Gasteiger charge is 2.21. The second kappa shape index (κ2) is 6.34. The number of para-hydroxylation sites is 2. The van der Waals surface area contributed by atoms with E-state index in [1.807, 2.05) is 29.9 Å². The van der Waals surface area contributed by atoms with Crippen molar-refractivity contribution in [2.75, 3.05) is 13.6 Å². The maximum Gasteiger partial charge on any atom is 0.163 e. The van der Waals surface area contributed by atoms with Gasteiger partial charge in [0.15, 0.2) is 5.82 Å². The van der Waals surface area contributed by atoms with Crippen molar-refractivity contribution >= 4 is 22.6 Å². The number of fused-ring (bicyclic) bond motifs is 1. The van der Waals surface area contributed by atoms with Crippen LogP contribution in [0.3, 0.4) is 0 Å². The molecule has 0 spiro atoms. The van der Waals surface area contributed by atoms with Crippen molar-refractivity contribution in [2.45, 2.75) is 26.9 Å². The van der Waals surface area contributed by atoms with Crippen LogP contribution in [-0.4, -0.2) is 37.8 Å². The second-order valence-corrected chi connectivity index (χ2v) is 6.12. The standard InChI is InChI=1S/C17H22ClN5/c1-5-21(3)11-14-15(18)16(20-23(14)6-2)17-19-12-9-7-8-10-13(12)22(17)4/h7-10H,5-6,11H2,1-4H3. The minimum Gasteiger partial charge on any atom is -0.326 e. The summed E-state index contributed by atoms with van der Waals surface area (Å²) < 4.78 is 4.03. The Morgan fingerprint density at radius 3 is 2.61 bits per heavy atom. The molecule has 0 N–H and O–H groups in total. The van der Waals surface area contributed by atoms with E-state index in [4.69, 9.17) is 21.7 Å². The fourth-order valence-corrected chi connectivity index (χ4v) is 3.03. The number of aromatic nitrogens is 4. The van der Waals surface area contributed by atoms with Crippen LogP contribution in [-0.2, 0) is 20.1 Å². The molecule has 23 heavy (non-hydrogen) atoms. The van der Waals surface area contributed by atoms with E-state index in [9.17, 15) is 0 Å². The van der Waals surface area contributed by atoms with E-state index < -0.39 is 0 Å². The van der Waals surface area contributed by atoms with Gasteiger partial charge in [-0.25, -0.2) is 4.98 Å². The lowest BCUT2D eigenvalue weighted by molar-refractivity contribution is 0.332. The lowest BCUT2D eigenvalue weighted by Crippen LogP contribution is -2.19. The molecule has 3 rings (SSSR count). The Morgan fingerprint density at radius 2 is 1.96 bits per heavy atom. The first kappa shape index (κ1) is 16.0. The SMILES string of the molecule is CCN(C)Cc1c(Cl)c(-c2nc3ccccc3n2C)nn1CC. The van der Waals surface area contributed by atoms with Crippen LogP contribution in [0, 0.1) is 0 Å². The van der Waals surface area contributed by atoms with Gasteiger partial charge in [-0.3, -0.25) is 4.68 Å². The Labute approximate surface area is 141 Å². The van der Waals surface area contributed by atoms with Gasteiger partial charge in [-0.1, -0.05) is 30.7 Å². The molecule has 0 aliphatic heterocycles. The highest BCUT2D eigenvalue weighted by molar-refractivity contribution is 6.33. The number of hydrogen-bond acceptors (Lipinski definition) is 3. The van der Waals surface area contributed by atoms with Crippen LogP contribution in [0.4, 0.5) is 0 Å². The fourth-order valence-electron chi connectivity index (χ4n) is 2.76. The molecular formula is C17H22ClN5. The third-order valence-corrected chi connectivity index (χ3v) is 4.65. The van der Waals surface area contributed by atoms with E-state index in [1.165, 1.54) is 0 Å². The summed E-state index contributed by atoms with van der Waals surface area (Å²) in [7, 11) is 4.09. The van der Waals surface area contributed by atoms with Crippen LogP contribution in [0.25, 0.3) is 22.6 Å². The number of aryl methyl sites for hydroxylation is 2. The largest absolute Gasteiger partial charge is 0.326 e. The van der Waals surface area contributed by atoms with Gasteiger partial charge in [-0.15, -0.1) is 0 Å². The highest BCUT2D eigenvalue weighted by Crippen LogP contribution is 2.31. The first-order valence-electron chi connectivity index (χ1n) is 7.92. The molecule has 1 aromatic carbocycles. The van der Waals surface area contributed by atoms with E-state index >= 15 is 0 Å². The van der Waals surface area contributed by atoms with Crippen molar-refractivity contribution in [2.24, 2.45) is 7.05 Å². The lowest BCUT2D eigenvalue weighted by atomic mass is 10.3. The average Bonchev–Trinajstić information content (AvgIpc) is 3.06. The third-order valence-electron chi connectivity index (χ3n) is 4.25. The molecule has 0 radical (unpaired) electrons. The monoisotopic (exact) mass is 331 g/mol. The number of benzene rings is 1. The van der Waals surface area contributed by atoms with E-state index in [0.717, 1.165) is 47.9 Å². The lowest BCUT2D eigenvalue weighted by Gasteiger charge is -2.14. The Bertz CT molecular complexity index is 833. The van der Waals surface area contributed by atoms with E-state index in [-0.39, 0.29) is 0 Å². The van der Waals surface area contributed by atoms with Crippen LogP contribution in [0.15, 0.2) is 24.3 Å². The minimum absolute atomic E-state index is 0.700. The molecule has 2 aromatic heterocycles. The van der Waals surface area contributed by atoms with Gasteiger partial charge in [0, 0.05) is 20.1 Å². The van der Waals surface area contributed by atoms with Crippen LogP contribution < -0.4 is 0 Å². The van der Waals surface area contributed by atoms with Crippen LogP contribution >= 0.6 is 11.6 Å². The van der Waals surface area contributed by atoms with Crippen LogP contribution in [0.2, 0.25) is 5.02 Å². The summed E-state index contributed by atoms with van der Waals surface area (Å²) in [6, 6.07) is 8.08. The van der Waals surface area contributed by atoms with Crippen molar-refractivity contribution in [1.82, 2.24) is 24.2 Å². The summed E-state index contributed by atoms with van der Waals surface area (Å²) in [5.41, 5.74) is 3.84. The number of nitrogens with zero attached hydrogens (tertiary/aromatic N) is 5. The van der Waals surface area contributed by atoms with Gasteiger partial charge < -0.3 is 9.47 Å². The van der Waals surface area contributed by atoms with Crippen LogP contribution in [0.1, 0.15) is 19.5 Å². The molecule has 6 heteroatoms. The van der Waals surface area contributed by atoms with Crippen LogP contribution in [0.5, 0.6) is 0 Å². The number of rotatable bonds is 5. The molecule has 0 fully saturated rings. The van der Waals surface area contributed by atoms with Gasteiger partial charge >= 0.3 is 0 Å². The van der Waals surface area contributed by atoms with Crippen molar-refractivity contribution in [1.29, 1.82) is 0 Å². The Morgan fingerprint density at radius 1 is 1.22 bits per heavy atom. The predicted octanol–water partition coefficient (Wildman–Crippen LogP) is 3.56. The topological polar surface area (TPSA) is 38.9 Å². The number of hydrogen-bond donors (Lipinski definition) is 0. The van der Waals surface area contributed by atoms with E-state index in [2.05, 4.69) is 36.4 Å². The average molecular weight is 332 g/mol. The molecule has 122 valence electrons. The zero-order valence-corrected chi connectivity index (χ0v) is 14.8. The summed E-state index contributed by atoms with van der Waals surface area (Å²) in [6.45, 7) is 6.74. The molecule has 2 heterocycles. The van der Waals surface area contributed by atoms with Crippen molar-refractivity contribution in [3.8, 4) is 11.5 Å². The fraction of sp³-hybridized carbons (Fsp3) is 0.412. The van der Waals surface area contributed by atoms with Gasteiger partial charge in [0.25, 0.3) is 0 Å². The van der Waals surface area contributed by atoms with Gasteiger partial charge in [0.05, 0.1) is 21.7 Å². The van der Waals surface area contributed by atoms with Crippen molar-refractivity contribution in [3.63, 3.8) is 0 Å². The zero-order valence-electron chi connectivity index (χ0n) is 14.0. The highest BCUT2D eigenvalue weighted by atomic mass is 35.5. The second-order valence-electron chi connectivity index (χ2n) is 5.74. The Balaban J connectivity index is 2.13. The quantitative estimate of drug-likeness (QED) is 0.717. The summed E-state index contributed by atoms with van der Waals surface area (Å²) in [5, 5.41) is 5.42. The summed E-state index contributed by atoms with van der Waals surface area (Å²) >= 11 is 6.68. The zero-order chi connectivity index (χ0) is 16.6. The summed E-state index contributed by atoms with van der Waals surface area (Å²) in [5.74, 6) is 0.809. The maximum atomic E-state index is 6.68. The maximum absolute atomic E-state index is 6.68. The molecule has 0 bridgehead atoms. The van der Waals surface area contributed by atoms with Crippen molar-refractivity contribution in [3.05, 3.63) is 35.0 Å². The summed E-state index contributed by atoms with van der Waals surface area (Å²) in [6.07, 6.45) is 0.